The molecule has 4 rings (SSSR count). The van der Waals surface area contributed by atoms with E-state index in [9.17, 15) is 9.90 Å². The molecule has 0 bridgehead atoms. The molecule has 2 N–H and O–H groups in total. The van der Waals surface area contributed by atoms with E-state index in [2.05, 4.69) is 58.8 Å². The number of nitrogens with zero attached hydrogens (tertiary/aromatic N) is 2. The monoisotopic (exact) mass is 453 g/mol. The van der Waals surface area contributed by atoms with Gasteiger partial charge in [0, 0.05) is 17.0 Å². The highest BCUT2D eigenvalue weighted by Gasteiger charge is 2.18. The Morgan fingerprint density at radius 3 is 2.58 bits per heavy atom. The van der Waals surface area contributed by atoms with Gasteiger partial charge in [-0.3, -0.25) is 0 Å². The molecule has 0 saturated heterocycles. The van der Waals surface area contributed by atoms with Crippen LogP contribution in [0, 0.1) is 0 Å². The van der Waals surface area contributed by atoms with E-state index in [-0.39, 0.29) is 16.3 Å². The number of benzene rings is 2. The number of halogens is 1. The van der Waals surface area contributed by atoms with E-state index in [1.54, 1.807) is 6.07 Å². The molecule has 0 fully saturated rings. The van der Waals surface area contributed by atoms with Crippen molar-refractivity contribution < 1.29 is 14.6 Å². The maximum Gasteiger partial charge on any atom is 0.339 e. The number of aromatic nitrogens is 2. The summed E-state index contributed by atoms with van der Waals surface area (Å²) in [7, 11) is 1.42. The normalized spacial score (nSPS) is 11.1. The molecule has 0 unspecified atom stereocenters. The minimum atomic E-state index is -1.11. The summed E-state index contributed by atoms with van der Waals surface area (Å²) in [5, 5.41) is 15.8. The predicted molar refractivity (Wildman–Crippen MR) is 125 cm³/mol. The zero-order valence-corrected chi connectivity index (χ0v) is 18.7. The number of thiophene rings is 1. The molecule has 31 heavy (non-hydrogen) atoms. The van der Waals surface area contributed by atoms with Crippen molar-refractivity contribution in [2.45, 2.75) is 19.8 Å². The molecular weight excluding hydrogens is 434 g/mol. The number of hydrogen-bond acceptors (Lipinski definition) is 6. The van der Waals surface area contributed by atoms with E-state index in [1.807, 2.05) is 0 Å². The quantitative estimate of drug-likeness (QED) is 0.342. The van der Waals surface area contributed by atoms with E-state index in [1.165, 1.54) is 36.4 Å². The van der Waals surface area contributed by atoms with Crippen molar-refractivity contribution in [1.29, 1.82) is 0 Å². The van der Waals surface area contributed by atoms with Gasteiger partial charge in [-0.2, -0.15) is 0 Å². The molecule has 0 radical (unpaired) electrons. The van der Waals surface area contributed by atoms with Gasteiger partial charge in [-0.25, -0.2) is 14.8 Å². The highest BCUT2D eigenvalue weighted by molar-refractivity contribution is 7.17. The summed E-state index contributed by atoms with van der Waals surface area (Å²) in [4.78, 5) is 21.1. The van der Waals surface area contributed by atoms with Crippen LogP contribution in [0.2, 0.25) is 5.02 Å². The van der Waals surface area contributed by atoms with Crippen LogP contribution in [0.15, 0.2) is 48.1 Å². The third-order valence-corrected chi connectivity index (χ3v) is 6.23. The van der Waals surface area contributed by atoms with Crippen LogP contribution in [-0.2, 0) is 0 Å². The Labute approximate surface area is 188 Å². The van der Waals surface area contributed by atoms with Crippen molar-refractivity contribution in [2.75, 3.05) is 12.4 Å². The second-order valence-electron chi connectivity index (χ2n) is 7.29. The van der Waals surface area contributed by atoms with Crippen molar-refractivity contribution in [1.82, 2.24) is 9.97 Å². The smallest absolute Gasteiger partial charge is 0.339 e. The zero-order valence-electron chi connectivity index (χ0n) is 17.1. The summed E-state index contributed by atoms with van der Waals surface area (Å²) in [5.74, 6) is 0.139. The molecule has 2 heterocycles. The summed E-state index contributed by atoms with van der Waals surface area (Å²) in [6.07, 6.45) is 1.49. The molecular formula is C23H20ClN3O3S. The lowest BCUT2D eigenvalue weighted by Crippen LogP contribution is -2.03. The molecule has 0 aliphatic carbocycles. The second kappa shape index (κ2) is 8.53. The predicted octanol–water partition coefficient (Wildman–Crippen LogP) is 6.59. The molecule has 8 heteroatoms. The summed E-state index contributed by atoms with van der Waals surface area (Å²) < 4.78 is 5.23. The van der Waals surface area contributed by atoms with Crippen LogP contribution in [0.25, 0.3) is 21.3 Å². The van der Waals surface area contributed by atoms with E-state index in [0.29, 0.717) is 17.4 Å². The van der Waals surface area contributed by atoms with Crippen LogP contribution >= 0.6 is 22.9 Å². The first-order valence-corrected chi connectivity index (χ1v) is 10.8. The molecule has 0 saturated carbocycles. The minimum absolute atomic E-state index is 0.00708. The van der Waals surface area contributed by atoms with Crippen molar-refractivity contribution in [3.8, 4) is 16.9 Å². The summed E-state index contributed by atoms with van der Waals surface area (Å²) in [6, 6.07) is 11.4. The SMILES string of the molecule is COc1cc(Nc2ncnc3scc(-c4ccc(C(C)C)cc4)c23)c(Cl)cc1C(=O)O. The molecule has 158 valence electrons. The van der Waals surface area contributed by atoms with Gasteiger partial charge in [0.2, 0.25) is 0 Å². The number of carboxylic acids is 1. The van der Waals surface area contributed by atoms with Gasteiger partial charge in [0.05, 0.1) is 23.2 Å². The highest BCUT2D eigenvalue weighted by atomic mass is 35.5. The van der Waals surface area contributed by atoms with Gasteiger partial charge in [-0.15, -0.1) is 11.3 Å². The Kier molecular flexibility index (Phi) is 5.80. The minimum Gasteiger partial charge on any atom is -0.496 e. The number of aromatic carboxylic acids is 1. The molecule has 0 atom stereocenters. The number of rotatable bonds is 6. The number of ether oxygens (including phenoxy) is 1. The average Bonchev–Trinajstić information content (AvgIpc) is 3.20. The Morgan fingerprint density at radius 1 is 1.19 bits per heavy atom. The molecule has 4 aromatic rings. The number of nitrogens with one attached hydrogen (secondary N) is 1. The summed E-state index contributed by atoms with van der Waals surface area (Å²) in [6.45, 7) is 4.33. The molecule has 2 aromatic carbocycles. The number of anilines is 2. The van der Waals surface area contributed by atoms with Gasteiger partial charge in [0.25, 0.3) is 0 Å². The first-order valence-electron chi connectivity index (χ1n) is 9.59. The number of hydrogen-bond donors (Lipinski definition) is 2. The number of carboxylic acid groups (broad SMARTS) is 1. The fourth-order valence-electron chi connectivity index (χ4n) is 3.34. The van der Waals surface area contributed by atoms with Gasteiger partial charge in [0.15, 0.2) is 0 Å². The third kappa shape index (κ3) is 4.06. The molecule has 6 nitrogen and oxygen atoms in total. The first kappa shape index (κ1) is 21.1. The van der Waals surface area contributed by atoms with Crippen molar-refractivity contribution >= 4 is 50.6 Å². The molecule has 0 spiro atoms. The number of fused-ring (bicyclic) bond motifs is 1. The summed E-state index contributed by atoms with van der Waals surface area (Å²) >= 11 is 7.89. The lowest BCUT2D eigenvalue weighted by molar-refractivity contribution is 0.0693. The van der Waals surface area contributed by atoms with Crippen molar-refractivity contribution in [2.24, 2.45) is 0 Å². The van der Waals surface area contributed by atoms with Crippen LogP contribution in [0.4, 0.5) is 11.5 Å². The molecule has 0 aliphatic heterocycles. The van der Waals surface area contributed by atoms with E-state index in [0.717, 1.165) is 21.3 Å². The standard InChI is InChI=1S/C23H20ClN3O3S/c1-12(2)13-4-6-14(7-5-13)16-10-31-22-20(16)21(25-11-26-22)27-18-9-19(30-3)15(23(28)29)8-17(18)24/h4-12H,1-3H3,(H,28,29)(H,25,26,27). The molecule has 0 amide bonds. The van der Waals surface area contributed by atoms with Crippen LogP contribution in [0.1, 0.15) is 35.7 Å². The van der Waals surface area contributed by atoms with Crippen LogP contribution in [-0.4, -0.2) is 28.2 Å². The molecule has 0 aliphatic rings. The zero-order chi connectivity index (χ0) is 22.1. The Morgan fingerprint density at radius 2 is 1.94 bits per heavy atom. The first-order chi connectivity index (χ1) is 14.9. The maximum atomic E-state index is 11.4. The largest absolute Gasteiger partial charge is 0.496 e. The lowest BCUT2D eigenvalue weighted by atomic mass is 9.99. The van der Waals surface area contributed by atoms with Crippen LogP contribution in [0.3, 0.4) is 0 Å². The van der Waals surface area contributed by atoms with Gasteiger partial charge in [-0.05, 0) is 23.1 Å². The molecule has 2 aromatic heterocycles. The second-order valence-corrected chi connectivity index (χ2v) is 8.56. The number of carbonyl (C=O) groups is 1. The Balaban J connectivity index is 1.79. The number of methoxy groups -OCH3 is 1. The third-order valence-electron chi connectivity index (χ3n) is 5.03. The topological polar surface area (TPSA) is 84.3 Å². The van der Waals surface area contributed by atoms with E-state index in [4.69, 9.17) is 16.3 Å². The van der Waals surface area contributed by atoms with E-state index < -0.39 is 5.97 Å². The van der Waals surface area contributed by atoms with Gasteiger partial charge >= 0.3 is 5.97 Å². The Bertz CT molecular complexity index is 1270. The van der Waals surface area contributed by atoms with Gasteiger partial charge in [0.1, 0.15) is 28.3 Å². The summed E-state index contributed by atoms with van der Waals surface area (Å²) in [5.41, 5.74) is 3.85. The van der Waals surface area contributed by atoms with Gasteiger partial charge < -0.3 is 15.2 Å². The highest BCUT2D eigenvalue weighted by Crippen LogP contribution is 2.39. The van der Waals surface area contributed by atoms with Crippen LogP contribution in [0.5, 0.6) is 5.75 Å². The van der Waals surface area contributed by atoms with Gasteiger partial charge in [-0.1, -0.05) is 49.7 Å². The van der Waals surface area contributed by atoms with Crippen molar-refractivity contribution in [3.63, 3.8) is 0 Å². The maximum absolute atomic E-state index is 11.4. The van der Waals surface area contributed by atoms with Crippen LogP contribution < -0.4 is 10.1 Å². The fraction of sp³-hybridized carbons (Fsp3) is 0.174. The average molecular weight is 454 g/mol. The van der Waals surface area contributed by atoms with Crippen molar-refractivity contribution in [3.05, 3.63) is 64.3 Å². The fourth-order valence-corrected chi connectivity index (χ4v) is 4.47. The lowest BCUT2D eigenvalue weighted by Gasteiger charge is -2.13. The van der Waals surface area contributed by atoms with E-state index >= 15 is 0 Å². The Hall–Kier alpha value is -3.16.